The highest BCUT2D eigenvalue weighted by atomic mass is 19.4. The molecule has 2 aromatic carbocycles. The summed E-state index contributed by atoms with van der Waals surface area (Å²) in [6.45, 7) is 5.41. The van der Waals surface area contributed by atoms with Crippen molar-refractivity contribution in [3.8, 4) is 5.75 Å². The maximum Gasteiger partial charge on any atom is 0.413 e. The van der Waals surface area contributed by atoms with Crippen LogP contribution in [0, 0.1) is 0 Å². The molecular formula is C21H22F3NO. The van der Waals surface area contributed by atoms with Crippen molar-refractivity contribution in [3.05, 3.63) is 65.2 Å². The van der Waals surface area contributed by atoms with Crippen LogP contribution in [0.3, 0.4) is 0 Å². The van der Waals surface area contributed by atoms with Crippen LogP contribution in [0.25, 0.3) is 11.8 Å². The van der Waals surface area contributed by atoms with Gasteiger partial charge in [0.25, 0.3) is 0 Å². The molecule has 0 radical (unpaired) electrons. The Morgan fingerprint density at radius 1 is 0.923 bits per heavy atom. The summed E-state index contributed by atoms with van der Waals surface area (Å²) >= 11 is 0. The fourth-order valence-electron chi connectivity index (χ4n) is 3.44. The zero-order valence-corrected chi connectivity index (χ0v) is 15.3. The summed E-state index contributed by atoms with van der Waals surface area (Å²) in [5.41, 5.74) is 1.44. The summed E-state index contributed by atoms with van der Waals surface area (Å²) in [4.78, 5) is 1.47. The molecule has 0 aromatic heterocycles. The minimum absolute atomic E-state index is 0.284. The first-order valence-electron chi connectivity index (χ1n) is 8.44. The van der Waals surface area contributed by atoms with Crippen LogP contribution >= 0.6 is 0 Å². The average Bonchev–Trinajstić information content (AvgIpc) is 2.58. The number of alkyl halides is 3. The van der Waals surface area contributed by atoms with Gasteiger partial charge in [0.1, 0.15) is 5.75 Å². The van der Waals surface area contributed by atoms with Gasteiger partial charge in [0.15, 0.2) is 6.04 Å². The number of hydrogen-bond donors (Lipinski definition) is 0. The van der Waals surface area contributed by atoms with Gasteiger partial charge >= 0.3 is 6.18 Å². The van der Waals surface area contributed by atoms with Gasteiger partial charge in [-0.05, 0) is 67.8 Å². The van der Waals surface area contributed by atoms with E-state index in [4.69, 9.17) is 4.74 Å². The summed E-state index contributed by atoms with van der Waals surface area (Å²) in [7, 11) is 1.56. The highest BCUT2D eigenvalue weighted by molar-refractivity contribution is 5.84. The van der Waals surface area contributed by atoms with Crippen LogP contribution in [-0.2, 0) is 0 Å². The molecule has 3 rings (SSSR count). The summed E-state index contributed by atoms with van der Waals surface area (Å²) in [5, 5.41) is 0. The third-order valence-corrected chi connectivity index (χ3v) is 4.52. The Kier molecular flexibility index (Phi) is 4.51. The second kappa shape index (κ2) is 6.38. The quantitative estimate of drug-likeness (QED) is 0.659. The first-order chi connectivity index (χ1) is 12.1. The number of ether oxygens (including phenoxy) is 1. The zero-order valence-electron chi connectivity index (χ0n) is 15.3. The van der Waals surface area contributed by atoms with E-state index in [1.807, 2.05) is 6.08 Å². The lowest BCUT2D eigenvalue weighted by atomic mass is 9.87. The molecule has 0 saturated heterocycles. The van der Waals surface area contributed by atoms with E-state index < -0.39 is 17.8 Å². The van der Waals surface area contributed by atoms with Gasteiger partial charge in [0, 0.05) is 11.2 Å². The van der Waals surface area contributed by atoms with Gasteiger partial charge in [0.2, 0.25) is 0 Å². The molecule has 1 unspecified atom stereocenters. The van der Waals surface area contributed by atoms with Crippen molar-refractivity contribution in [1.82, 2.24) is 4.90 Å². The molecule has 5 heteroatoms. The number of rotatable bonds is 2. The third kappa shape index (κ3) is 3.30. The SMILES string of the molecule is COc1ccc(C2=Cc3ccccc3C(C(F)(F)F)N2C(C)(C)C)cc1. The van der Waals surface area contributed by atoms with Gasteiger partial charge in [0.05, 0.1) is 7.11 Å². The van der Waals surface area contributed by atoms with E-state index in [0.717, 1.165) is 5.56 Å². The van der Waals surface area contributed by atoms with Gasteiger partial charge < -0.3 is 9.64 Å². The molecule has 0 bridgehead atoms. The van der Waals surface area contributed by atoms with Crippen molar-refractivity contribution in [2.45, 2.75) is 38.5 Å². The Labute approximate surface area is 151 Å². The van der Waals surface area contributed by atoms with Crippen LogP contribution < -0.4 is 4.74 Å². The first-order valence-corrected chi connectivity index (χ1v) is 8.44. The van der Waals surface area contributed by atoms with Crippen LogP contribution in [0.15, 0.2) is 48.5 Å². The predicted octanol–water partition coefficient (Wildman–Crippen LogP) is 5.91. The van der Waals surface area contributed by atoms with Crippen molar-refractivity contribution in [1.29, 1.82) is 0 Å². The molecule has 1 aliphatic rings. The maximum absolute atomic E-state index is 14.1. The molecular weight excluding hydrogens is 339 g/mol. The van der Waals surface area contributed by atoms with Crippen molar-refractivity contribution in [3.63, 3.8) is 0 Å². The van der Waals surface area contributed by atoms with E-state index in [9.17, 15) is 13.2 Å². The number of halogens is 3. The van der Waals surface area contributed by atoms with Gasteiger partial charge in [-0.2, -0.15) is 13.2 Å². The molecule has 0 fully saturated rings. The smallest absolute Gasteiger partial charge is 0.413 e. The number of methoxy groups -OCH3 is 1. The van der Waals surface area contributed by atoms with E-state index >= 15 is 0 Å². The molecule has 0 saturated carbocycles. The van der Waals surface area contributed by atoms with Gasteiger partial charge in [-0.15, -0.1) is 0 Å². The zero-order chi connectivity index (χ0) is 19.1. The van der Waals surface area contributed by atoms with E-state index in [2.05, 4.69) is 0 Å². The van der Waals surface area contributed by atoms with Gasteiger partial charge in [-0.3, -0.25) is 0 Å². The largest absolute Gasteiger partial charge is 0.497 e. The van der Waals surface area contributed by atoms with E-state index in [0.29, 0.717) is 17.0 Å². The minimum atomic E-state index is -4.39. The Morgan fingerprint density at radius 3 is 2.08 bits per heavy atom. The first kappa shape index (κ1) is 18.4. The predicted molar refractivity (Wildman–Crippen MR) is 97.7 cm³/mol. The van der Waals surface area contributed by atoms with Crippen LogP contribution in [0.2, 0.25) is 0 Å². The molecule has 1 heterocycles. The Morgan fingerprint density at radius 2 is 1.54 bits per heavy atom. The topological polar surface area (TPSA) is 12.5 Å². The fourth-order valence-corrected chi connectivity index (χ4v) is 3.44. The second-order valence-electron chi connectivity index (χ2n) is 7.37. The lowest BCUT2D eigenvalue weighted by Gasteiger charge is -2.48. The second-order valence-corrected chi connectivity index (χ2v) is 7.37. The standard InChI is InChI=1S/C21H22F3NO/c1-20(2,3)25-18(14-9-11-16(26-4)12-10-14)13-15-7-5-6-8-17(15)19(25)21(22,23)24/h5-13,19H,1-4H3. The molecule has 138 valence electrons. The number of benzene rings is 2. The monoisotopic (exact) mass is 361 g/mol. The van der Waals surface area contributed by atoms with Crippen LogP contribution in [0.5, 0.6) is 5.75 Å². The molecule has 1 aliphatic heterocycles. The summed E-state index contributed by atoms with van der Waals surface area (Å²) in [6, 6.07) is 12.1. The highest BCUT2D eigenvalue weighted by Crippen LogP contribution is 2.49. The number of fused-ring (bicyclic) bond motifs is 1. The fraction of sp³-hybridized carbons (Fsp3) is 0.333. The molecule has 0 aliphatic carbocycles. The summed E-state index contributed by atoms with van der Waals surface area (Å²) < 4.78 is 47.5. The third-order valence-electron chi connectivity index (χ3n) is 4.52. The summed E-state index contributed by atoms with van der Waals surface area (Å²) in [6.07, 6.45) is -2.56. The number of hydrogen-bond acceptors (Lipinski definition) is 2. The van der Waals surface area contributed by atoms with E-state index in [1.165, 1.54) is 4.90 Å². The average molecular weight is 361 g/mol. The minimum Gasteiger partial charge on any atom is -0.497 e. The van der Waals surface area contributed by atoms with E-state index in [1.54, 1.807) is 76.4 Å². The normalized spacial score (nSPS) is 17.6. The highest BCUT2D eigenvalue weighted by Gasteiger charge is 2.50. The Bertz CT molecular complexity index is 816. The molecule has 2 aromatic rings. The molecule has 0 N–H and O–H groups in total. The van der Waals surface area contributed by atoms with Crippen molar-refractivity contribution in [2.24, 2.45) is 0 Å². The number of nitrogens with zero attached hydrogens (tertiary/aromatic N) is 1. The van der Waals surface area contributed by atoms with Crippen LogP contribution in [-0.4, -0.2) is 23.7 Å². The maximum atomic E-state index is 14.1. The molecule has 2 nitrogen and oxygen atoms in total. The van der Waals surface area contributed by atoms with E-state index in [-0.39, 0.29) is 5.56 Å². The lowest BCUT2D eigenvalue weighted by Crippen LogP contribution is -2.49. The van der Waals surface area contributed by atoms with Crippen molar-refractivity contribution >= 4 is 11.8 Å². The molecule has 0 spiro atoms. The Balaban J connectivity index is 2.24. The van der Waals surface area contributed by atoms with Crippen LogP contribution in [0.1, 0.15) is 43.5 Å². The Hall–Kier alpha value is -2.43. The van der Waals surface area contributed by atoms with Crippen molar-refractivity contribution in [2.75, 3.05) is 7.11 Å². The van der Waals surface area contributed by atoms with Crippen molar-refractivity contribution < 1.29 is 17.9 Å². The van der Waals surface area contributed by atoms with Gasteiger partial charge in [-0.1, -0.05) is 24.3 Å². The molecule has 0 amide bonds. The summed E-state index contributed by atoms with van der Waals surface area (Å²) in [5.74, 6) is 0.667. The van der Waals surface area contributed by atoms with Gasteiger partial charge in [-0.25, -0.2) is 0 Å². The molecule has 26 heavy (non-hydrogen) atoms. The lowest BCUT2D eigenvalue weighted by molar-refractivity contribution is -0.187. The molecule has 1 atom stereocenters. The van der Waals surface area contributed by atoms with Crippen LogP contribution in [0.4, 0.5) is 13.2 Å².